The molecule has 10 heteroatoms. The summed E-state index contributed by atoms with van der Waals surface area (Å²) in [6.45, 7) is 3.25. The van der Waals surface area contributed by atoms with Crippen molar-refractivity contribution >= 4 is 5.91 Å². The summed E-state index contributed by atoms with van der Waals surface area (Å²) in [5.74, 6) is 1.62. The zero-order chi connectivity index (χ0) is 31.4. The molecule has 7 unspecified atom stereocenters. The highest BCUT2D eigenvalue weighted by Gasteiger charge is 2.45. The van der Waals surface area contributed by atoms with E-state index in [2.05, 4.69) is 12.2 Å². The third-order valence-electron chi connectivity index (χ3n) is 10.3. The Morgan fingerprint density at radius 1 is 0.977 bits per heavy atom. The van der Waals surface area contributed by atoms with E-state index in [1.165, 1.54) is 77.0 Å². The second kappa shape index (κ2) is 18.3. The summed E-state index contributed by atoms with van der Waals surface area (Å²) in [4.78, 5) is 12.7. The molecule has 1 aliphatic heterocycles. The minimum Gasteiger partial charge on any atom is -0.394 e. The molecule has 11 atom stereocenters. The van der Waals surface area contributed by atoms with Crippen LogP contribution in [-0.2, 0) is 14.3 Å². The average Bonchev–Trinajstić information content (AvgIpc) is 2.98. The summed E-state index contributed by atoms with van der Waals surface area (Å²) < 4.78 is 10.9. The Morgan fingerprint density at radius 3 is 2.33 bits per heavy atom. The maximum atomic E-state index is 12.7. The summed E-state index contributed by atoms with van der Waals surface area (Å²) in [6.07, 6.45) is 10.1. The Kier molecular flexibility index (Phi) is 15.6. The number of aliphatic hydroxyl groups is 6. The molecular formula is C33H61NO9. The fourth-order valence-corrected chi connectivity index (χ4v) is 7.95. The van der Waals surface area contributed by atoms with Crippen LogP contribution in [0.3, 0.4) is 0 Å². The standard InChI is InChI=1S/C33H61NO9/c1-3-25(36)28(38)24(21-42-32-31(41)30(40)29(39)26(20-35)43-32)34-27(37)14-10-8-6-4-5-7-9-11-15-33-16-12-13-23(19-33)17-22(2)18-33/h22-26,28-32,35-36,38-41H,3-21H2,1-2H3,(H,34,37)/t22?,23?,24-,25+,26?,28-,29?,30?,31?,32?,33+/m0/s1. The number of amides is 1. The van der Waals surface area contributed by atoms with E-state index in [9.17, 15) is 35.4 Å². The Morgan fingerprint density at radius 2 is 1.65 bits per heavy atom. The van der Waals surface area contributed by atoms with Crippen LogP contribution in [0.2, 0.25) is 0 Å². The van der Waals surface area contributed by atoms with Crippen molar-refractivity contribution in [2.75, 3.05) is 13.2 Å². The average molecular weight is 616 g/mol. The number of fused-ring (bicyclic) bond motifs is 2. The molecule has 0 radical (unpaired) electrons. The van der Waals surface area contributed by atoms with E-state index >= 15 is 0 Å². The van der Waals surface area contributed by atoms with Crippen LogP contribution in [0.1, 0.15) is 123 Å². The van der Waals surface area contributed by atoms with E-state index in [1.54, 1.807) is 6.92 Å². The number of hydrogen-bond donors (Lipinski definition) is 7. The van der Waals surface area contributed by atoms with Gasteiger partial charge in [0.05, 0.1) is 25.4 Å². The Hall–Kier alpha value is -0.850. The lowest BCUT2D eigenvalue weighted by Crippen LogP contribution is -2.60. The number of rotatable bonds is 19. The molecule has 0 aromatic carbocycles. The Balaban J connectivity index is 1.29. The molecule has 2 aliphatic carbocycles. The first kappa shape index (κ1) is 36.6. The molecule has 3 rings (SSSR count). The summed E-state index contributed by atoms with van der Waals surface area (Å²) in [6, 6.07) is -0.981. The van der Waals surface area contributed by atoms with Crippen molar-refractivity contribution in [3.63, 3.8) is 0 Å². The molecule has 43 heavy (non-hydrogen) atoms. The van der Waals surface area contributed by atoms with Crippen LogP contribution in [0.5, 0.6) is 0 Å². The summed E-state index contributed by atoms with van der Waals surface area (Å²) in [5.41, 5.74) is 0.650. The van der Waals surface area contributed by atoms with E-state index in [0.717, 1.165) is 31.1 Å². The van der Waals surface area contributed by atoms with Crippen molar-refractivity contribution in [1.29, 1.82) is 0 Å². The molecule has 0 spiro atoms. The Labute approximate surface area is 258 Å². The van der Waals surface area contributed by atoms with E-state index < -0.39 is 55.6 Å². The highest BCUT2D eigenvalue weighted by molar-refractivity contribution is 5.76. The number of nitrogens with one attached hydrogen (secondary N) is 1. The molecule has 1 heterocycles. The molecule has 1 amide bonds. The lowest BCUT2D eigenvalue weighted by atomic mass is 9.57. The zero-order valence-electron chi connectivity index (χ0n) is 26.6. The molecule has 10 nitrogen and oxygen atoms in total. The first-order valence-electron chi connectivity index (χ1n) is 17.2. The van der Waals surface area contributed by atoms with E-state index in [-0.39, 0.29) is 25.4 Å². The van der Waals surface area contributed by atoms with Crippen molar-refractivity contribution < 1.29 is 44.9 Å². The van der Waals surface area contributed by atoms with Crippen LogP contribution >= 0.6 is 0 Å². The summed E-state index contributed by atoms with van der Waals surface area (Å²) in [5, 5.41) is 63.0. The predicted molar refractivity (Wildman–Crippen MR) is 163 cm³/mol. The van der Waals surface area contributed by atoms with Crippen molar-refractivity contribution in [2.24, 2.45) is 17.3 Å². The first-order chi connectivity index (χ1) is 20.6. The molecular weight excluding hydrogens is 554 g/mol. The highest BCUT2D eigenvalue weighted by atomic mass is 16.7. The van der Waals surface area contributed by atoms with Gasteiger partial charge in [0, 0.05) is 6.42 Å². The van der Waals surface area contributed by atoms with Gasteiger partial charge in [-0.25, -0.2) is 0 Å². The molecule has 3 aliphatic rings. The molecule has 1 saturated heterocycles. The normalized spacial score (nSPS) is 34.8. The van der Waals surface area contributed by atoms with Crippen LogP contribution in [0.4, 0.5) is 0 Å². The van der Waals surface area contributed by atoms with Gasteiger partial charge in [-0.1, -0.05) is 71.6 Å². The van der Waals surface area contributed by atoms with Gasteiger partial charge in [-0.2, -0.15) is 0 Å². The van der Waals surface area contributed by atoms with Crippen molar-refractivity contribution in [3.8, 4) is 0 Å². The minimum atomic E-state index is -1.60. The van der Waals surface area contributed by atoms with Gasteiger partial charge in [0.25, 0.3) is 0 Å². The Bertz CT molecular complexity index is 796. The number of aliphatic hydroxyl groups excluding tert-OH is 6. The van der Waals surface area contributed by atoms with Gasteiger partial charge in [-0.15, -0.1) is 0 Å². The van der Waals surface area contributed by atoms with E-state index in [0.29, 0.717) is 5.41 Å². The predicted octanol–water partition coefficient (Wildman–Crippen LogP) is 2.93. The van der Waals surface area contributed by atoms with Crippen LogP contribution in [0.15, 0.2) is 0 Å². The summed E-state index contributed by atoms with van der Waals surface area (Å²) >= 11 is 0. The van der Waals surface area contributed by atoms with Gasteiger partial charge in [-0.05, 0) is 62.2 Å². The number of hydrogen-bond acceptors (Lipinski definition) is 9. The van der Waals surface area contributed by atoms with Crippen LogP contribution < -0.4 is 5.32 Å². The van der Waals surface area contributed by atoms with Gasteiger partial charge in [0.2, 0.25) is 5.91 Å². The quantitative estimate of drug-likeness (QED) is 0.108. The van der Waals surface area contributed by atoms with Crippen molar-refractivity contribution in [2.45, 2.75) is 172 Å². The lowest BCUT2D eigenvalue weighted by molar-refractivity contribution is -0.303. The van der Waals surface area contributed by atoms with Gasteiger partial charge in [0.1, 0.15) is 30.5 Å². The van der Waals surface area contributed by atoms with Crippen molar-refractivity contribution in [3.05, 3.63) is 0 Å². The van der Waals surface area contributed by atoms with Gasteiger partial charge in [0.15, 0.2) is 6.29 Å². The SMILES string of the molecule is CC[C@@H](O)[C@@H](O)[C@H](COC1OC(CO)C(O)C(O)C1O)NC(=O)CCCCCCCCCC[C@@]12CCCC(CC(C)C1)C2. The van der Waals surface area contributed by atoms with Gasteiger partial charge >= 0.3 is 0 Å². The maximum Gasteiger partial charge on any atom is 0.220 e. The minimum absolute atomic E-state index is 0.258. The molecule has 2 saturated carbocycles. The topological polar surface area (TPSA) is 169 Å². The zero-order valence-corrected chi connectivity index (χ0v) is 26.6. The van der Waals surface area contributed by atoms with E-state index in [1.807, 2.05) is 0 Å². The maximum absolute atomic E-state index is 12.7. The third kappa shape index (κ3) is 11.2. The number of carbonyl (C=O) groups is 1. The fourth-order valence-electron chi connectivity index (χ4n) is 7.95. The summed E-state index contributed by atoms with van der Waals surface area (Å²) in [7, 11) is 0. The number of ether oxygens (including phenoxy) is 2. The number of unbranched alkanes of at least 4 members (excludes halogenated alkanes) is 7. The smallest absolute Gasteiger partial charge is 0.220 e. The molecule has 0 aromatic rings. The monoisotopic (exact) mass is 615 g/mol. The van der Waals surface area contributed by atoms with Crippen LogP contribution in [0, 0.1) is 17.3 Å². The van der Waals surface area contributed by atoms with Crippen molar-refractivity contribution in [1.82, 2.24) is 5.32 Å². The largest absolute Gasteiger partial charge is 0.394 e. The lowest BCUT2D eigenvalue weighted by Gasteiger charge is -2.48. The van der Waals surface area contributed by atoms with Crippen LogP contribution in [0.25, 0.3) is 0 Å². The first-order valence-corrected chi connectivity index (χ1v) is 17.2. The third-order valence-corrected chi connectivity index (χ3v) is 10.3. The molecule has 7 N–H and O–H groups in total. The highest BCUT2D eigenvalue weighted by Crippen LogP contribution is 2.53. The second-order valence-electron chi connectivity index (χ2n) is 14.0. The van der Waals surface area contributed by atoms with Gasteiger partial charge in [-0.3, -0.25) is 4.79 Å². The molecule has 2 bridgehead atoms. The fraction of sp³-hybridized carbons (Fsp3) is 0.970. The second-order valence-corrected chi connectivity index (χ2v) is 14.0. The number of carbonyl (C=O) groups excluding carboxylic acids is 1. The molecule has 252 valence electrons. The van der Waals surface area contributed by atoms with Crippen LogP contribution in [-0.4, -0.2) is 98.7 Å². The molecule has 3 fully saturated rings. The van der Waals surface area contributed by atoms with Gasteiger partial charge < -0.3 is 45.4 Å². The van der Waals surface area contributed by atoms with E-state index in [4.69, 9.17) is 9.47 Å². The molecule has 0 aromatic heterocycles.